The van der Waals surface area contributed by atoms with Gasteiger partial charge in [-0.25, -0.2) is 4.79 Å². The van der Waals surface area contributed by atoms with Crippen molar-refractivity contribution in [2.45, 2.75) is 20.4 Å². The Morgan fingerprint density at radius 1 is 1.42 bits per heavy atom. The molecule has 2 heterocycles. The summed E-state index contributed by atoms with van der Waals surface area (Å²) >= 11 is 1.57. The van der Waals surface area contributed by atoms with E-state index in [0.29, 0.717) is 23.4 Å². The van der Waals surface area contributed by atoms with Gasteiger partial charge >= 0.3 is 5.97 Å². The monoisotopic (exact) mass is 278 g/mol. The van der Waals surface area contributed by atoms with Crippen LogP contribution in [0.4, 0.5) is 0 Å². The third kappa shape index (κ3) is 2.68. The van der Waals surface area contributed by atoms with Gasteiger partial charge in [0, 0.05) is 12.2 Å². The average molecular weight is 278 g/mol. The first-order chi connectivity index (χ1) is 9.00. The molecule has 0 aliphatic carbocycles. The van der Waals surface area contributed by atoms with E-state index >= 15 is 0 Å². The number of nitrogens with one attached hydrogen (secondary N) is 2. The molecule has 0 aromatic carbocycles. The van der Waals surface area contributed by atoms with Crippen LogP contribution >= 0.6 is 11.3 Å². The third-order valence-electron chi connectivity index (χ3n) is 2.91. The Hall–Kier alpha value is -2.08. The predicted octanol–water partition coefficient (Wildman–Crippen LogP) is 2.32. The van der Waals surface area contributed by atoms with Crippen LogP contribution in [-0.4, -0.2) is 22.0 Å². The summed E-state index contributed by atoms with van der Waals surface area (Å²) < 4.78 is 0. The highest BCUT2D eigenvalue weighted by molar-refractivity contribution is 7.07. The minimum absolute atomic E-state index is 0.0678. The van der Waals surface area contributed by atoms with E-state index in [0.717, 1.165) is 5.56 Å². The molecule has 0 bridgehead atoms. The van der Waals surface area contributed by atoms with Crippen LogP contribution in [0.25, 0.3) is 0 Å². The van der Waals surface area contributed by atoms with Crippen molar-refractivity contribution in [2.75, 3.05) is 0 Å². The van der Waals surface area contributed by atoms with Gasteiger partial charge in [0.05, 0.1) is 5.56 Å². The number of carboxylic acid groups (broad SMARTS) is 1. The molecular formula is C13H14N2O3S. The molecule has 0 aliphatic rings. The smallest absolute Gasteiger partial charge is 0.352 e. The number of aryl methyl sites for hydroxylation is 1. The Kier molecular flexibility index (Phi) is 3.71. The lowest BCUT2D eigenvalue weighted by molar-refractivity contribution is 0.0690. The van der Waals surface area contributed by atoms with Gasteiger partial charge in [0.1, 0.15) is 5.69 Å². The molecule has 0 radical (unpaired) electrons. The standard InChI is InChI=1S/C13H14N2O3S/c1-7-10(8(2)15-11(7)13(17)18)12(16)14-5-9-3-4-19-6-9/h3-4,6,15H,5H2,1-2H3,(H,14,16)(H,17,18). The van der Waals surface area contributed by atoms with Gasteiger partial charge in [-0.1, -0.05) is 0 Å². The summed E-state index contributed by atoms with van der Waals surface area (Å²) in [6.07, 6.45) is 0. The van der Waals surface area contributed by atoms with E-state index in [1.807, 2.05) is 16.8 Å². The van der Waals surface area contributed by atoms with E-state index < -0.39 is 5.97 Å². The van der Waals surface area contributed by atoms with Gasteiger partial charge in [0.2, 0.25) is 0 Å². The van der Waals surface area contributed by atoms with Crippen LogP contribution in [0, 0.1) is 13.8 Å². The molecule has 2 rings (SSSR count). The van der Waals surface area contributed by atoms with E-state index in [2.05, 4.69) is 10.3 Å². The van der Waals surface area contributed by atoms with Gasteiger partial charge in [-0.3, -0.25) is 4.79 Å². The maximum Gasteiger partial charge on any atom is 0.352 e. The van der Waals surface area contributed by atoms with Crippen molar-refractivity contribution < 1.29 is 14.7 Å². The maximum atomic E-state index is 12.1. The zero-order valence-electron chi connectivity index (χ0n) is 10.6. The van der Waals surface area contributed by atoms with Gasteiger partial charge in [-0.15, -0.1) is 0 Å². The molecule has 6 heteroatoms. The quantitative estimate of drug-likeness (QED) is 0.802. The number of thiophene rings is 1. The van der Waals surface area contributed by atoms with Gasteiger partial charge < -0.3 is 15.4 Å². The molecule has 5 nitrogen and oxygen atoms in total. The molecule has 1 amide bonds. The Morgan fingerprint density at radius 3 is 2.68 bits per heavy atom. The molecule has 0 unspecified atom stereocenters. The number of H-pyrrole nitrogens is 1. The number of carbonyl (C=O) groups excluding carboxylic acids is 1. The molecule has 0 aliphatic heterocycles. The highest BCUT2D eigenvalue weighted by Crippen LogP contribution is 2.18. The number of hydrogen-bond acceptors (Lipinski definition) is 3. The number of amides is 1. The Morgan fingerprint density at radius 2 is 2.16 bits per heavy atom. The fourth-order valence-electron chi connectivity index (χ4n) is 1.97. The van der Waals surface area contributed by atoms with E-state index in [4.69, 9.17) is 5.11 Å². The average Bonchev–Trinajstić information content (AvgIpc) is 2.94. The highest BCUT2D eigenvalue weighted by Gasteiger charge is 2.21. The number of hydrogen-bond donors (Lipinski definition) is 3. The molecule has 100 valence electrons. The summed E-state index contributed by atoms with van der Waals surface area (Å²) in [7, 11) is 0. The number of aromatic nitrogens is 1. The summed E-state index contributed by atoms with van der Waals surface area (Å²) in [5.41, 5.74) is 2.54. The molecule has 0 saturated heterocycles. The van der Waals surface area contributed by atoms with Crippen LogP contribution in [0.1, 0.15) is 37.7 Å². The summed E-state index contributed by atoms with van der Waals surface area (Å²) in [6, 6.07) is 1.93. The van der Waals surface area contributed by atoms with Gasteiger partial charge in [0.15, 0.2) is 0 Å². The second-order valence-corrected chi connectivity index (χ2v) is 5.02. The van der Waals surface area contributed by atoms with Crippen molar-refractivity contribution in [1.82, 2.24) is 10.3 Å². The fourth-order valence-corrected chi connectivity index (χ4v) is 2.64. The summed E-state index contributed by atoms with van der Waals surface area (Å²) in [5, 5.41) is 15.7. The highest BCUT2D eigenvalue weighted by atomic mass is 32.1. The van der Waals surface area contributed by atoms with Crippen molar-refractivity contribution >= 4 is 23.2 Å². The minimum Gasteiger partial charge on any atom is -0.477 e. The van der Waals surface area contributed by atoms with Gasteiger partial charge in [-0.05, 0) is 41.8 Å². The lowest BCUT2D eigenvalue weighted by Crippen LogP contribution is -2.23. The molecule has 0 saturated carbocycles. The second-order valence-electron chi connectivity index (χ2n) is 4.24. The fraction of sp³-hybridized carbons (Fsp3) is 0.231. The normalized spacial score (nSPS) is 10.4. The largest absolute Gasteiger partial charge is 0.477 e. The van der Waals surface area contributed by atoms with E-state index in [9.17, 15) is 9.59 Å². The molecule has 3 N–H and O–H groups in total. The van der Waals surface area contributed by atoms with Gasteiger partial charge in [-0.2, -0.15) is 11.3 Å². The zero-order valence-corrected chi connectivity index (χ0v) is 11.4. The lowest BCUT2D eigenvalue weighted by atomic mass is 10.1. The SMILES string of the molecule is Cc1[nH]c(C(=O)O)c(C)c1C(=O)NCc1ccsc1. The number of aromatic carboxylic acids is 1. The molecule has 0 fully saturated rings. The molecule has 0 spiro atoms. The number of rotatable bonds is 4. The molecular weight excluding hydrogens is 264 g/mol. The summed E-state index contributed by atoms with van der Waals surface area (Å²) in [4.78, 5) is 25.8. The maximum absolute atomic E-state index is 12.1. The van der Waals surface area contributed by atoms with E-state index in [-0.39, 0.29) is 11.6 Å². The first-order valence-corrected chi connectivity index (χ1v) is 6.66. The minimum atomic E-state index is -1.06. The number of aromatic amines is 1. The van der Waals surface area contributed by atoms with Crippen LogP contribution in [0.15, 0.2) is 16.8 Å². The predicted molar refractivity (Wildman–Crippen MR) is 72.7 cm³/mol. The van der Waals surface area contributed by atoms with Crippen LogP contribution in [0.2, 0.25) is 0 Å². The van der Waals surface area contributed by atoms with Crippen LogP contribution in [0.3, 0.4) is 0 Å². The molecule has 0 atom stereocenters. The first-order valence-electron chi connectivity index (χ1n) is 5.72. The first kappa shape index (κ1) is 13.4. The number of carboxylic acids is 1. The van der Waals surface area contributed by atoms with Crippen molar-refractivity contribution in [3.8, 4) is 0 Å². The zero-order chi connectivity index (χ0) is 14.0. The van der Waals surface area contributed by atoms with E-state index in [1.165, 1.54) is 0 Å². The molecule has 2 aromatic rings. The van der Waals surface area contributed by atoms with Crippen molar-refractivity contribution in [1.29, 1.82) is 0 Å². The summed E-state index contributed by atoms with van der Waals surface area (Å²) in [6.45, 7) is 3.76. The third-order valence-corrected chi connectivity index (χ3v) is 3.64. The molecule has 2 aromatic heterocycles. The van der Waals surface area contributed by atoms with Crippen molar-refractivity contribution in [3.05, 3.63) is 44.9 Å². The van der Waals surface area contributed by atoms with Crippen molar-refractivity contribution in [2.24, 2.45) is 0 Å². The van der Waals surface area contributed by atoms with Crippen molar-refractivity contribution in [3.63, 3.8) is 0 Å². The lowest BCUT2D eigenvalue weighted by Gasteiger charge is -2.04. The van der Waals surface area contributed by atoms with Crippen LogP contribution < -0.4 is 5.32 Å². The van der Waals surface area contributed by atoms with Crippen LogP contribution in [0.5, 0.6) is 0 Å². The molecule has 19 heavy (non-hydrogen) atoms. The van der Waals surface area contributed by atoms with Gasteiger partial charge in [0.25, 0.3) is 5.91 Å². The second kappa shape index (κ2) is 5.27. The van der Waals surface area contributed by atoms with E-state index in [1.54, 1.807) is 25.2 Å². The Balaban J connectivity index is 2.17. The summed E-state index contributed by atoms with van der Waals surface area (Å²) in [5.74, 6) is -1.32. The Labute approximate surface area is 114 Å². The van der Waals surface area contributed by atoms with Crippen LogP contribution in [-0.2, 0) is 6.54 Å². The topological polar surface area (TPSA) is 82.2 Å². The number of carbonyl (C=O) groups is 2. The Bertz CT molecular complexity index is 614.